The Balaban J connectivity index is 1.40. The number of benzene rings is 1. The van der Waals surface area contributed by atoms with Gasteiger partial charge in [0.15, 0.2) is 5.82 Å². The molecule has 7 nitrogen and oxygen atoms in total. The van der Waals surface area contributed by atoms with Gasteiger partial charge in [0.1, 0.15) is 6.54 Å². The summed E-state index contributed by atoms with van der Waals surface area (Å²) in [6.45, 7) is 4.13. The zero-order valence-electron chi connectivity index (χ0n) is 14.5. The Labute approximate surface area is 147 Å². The summed E-state index contributed by atoms with van der Waals surface area (Å²) in [6, 6.07) is 8.37. The summed E-state index contributed by atoms with van der Waals surface area (Å²) in [5, 5.41) is 12.5. The average Bonchev–Trinajstić information content (AvgIpc) is 3.38. The lowest BCUT2D eigenvalue weighted by atomic mass is 10.1. The van der Waals surface area contributed by atoms with Crippen LogP contribution in [-0.2, 0) is 22.5 Å². The van der Waals surface area contributed by atoms with Crippen molar-refractivity contribution in [3.63, 3.8) is 0 Å². The third-order valence-electron chi connectivity index (χ3n) is 5.03. The van der Waals surface area contributed by atoms with Crippen LogP contribution in [0.5, 0.6) is 0 Å². The molecule has 2 heterocycles. The molecule has 0 spiro atoms. The van der Waals surface area contributed by atoms with Crippen molar-refractivity contribution in [3.05, 3.63) is 41.2 Å². The summed E-state index contributed by atoms with van der Waals surface area (Å²) >= 11 is 0. The number of morpholine rings is 1. The molecule has 25 heavy (non-hydrogen) atoms. The van der Waals surface area contributed by atoms with Crippen molar-refractivity contribution >= 4 is 5.91 Å². The Morgan fingerprint density at radius 2 is 2.16 bits per heavy atom. The number of aromatic nitrogens is 4. The van der Waals surface area contributed by atoms with Crippen molar-refractivity contribution in [3.8, 4) is 0 Å². The third-order valence-corrected chi connectivity index (χ3v) is 5.03. The first-order chi connectivity index (χ1) is 12.2. The van der Waals surface area contributed by atoms with E-state index in [1.54, 1.807) is 0 Å². The van der Waals surface area contributed by atoms with Gasteiger partial charge < -0.3 is 9.64 Å². The number of aryl methyl sites for hydroxylation is 1. The summed E-state index contributed by atoms with van der Waals surface area (Å²) in [4.78, 5) is 16.0. The standard InChI is InChI=1S/C18H23N5O2/c1-13-4-2-3-5-15(13)10-17-19-21-23(20-17)11-18(24)22-8-9-25-12-16(22)14-6-7-14/h2-5,14,16H,6-12H2,1H3. The molecule has 0 radical (unpaired) electrons. The van der Waals surface area contributed by atoms with Crippen molar-refractivity contribution < 1.29 is 9.53 Å². The molecule has 1 atom stereocenters. The molecule has 1 amide bonds. The maximum Gasteiger partial charge on any atom is 0.246 e. The van der Waals surface area contributed by atoms with E-state index in [2.05, 4.69) is 34.5 Å². The number of carbonyl (C=O) groups excluding carboxylic acids is 1. The van der Waals surface area contributed by atoms with Crippen LogP contribution in [0.25, 0.3) is 0 Å². The fraction of sp³-hybridized carbons (Fsp3) is 0.556. The zero-order valence-corrected chi connectivity index (χ0v) is 14.5. The molecule has 4 rings (SSSR count). The normalized spacial score (nSPS) is 20.7. The summed E-state index contributed by atoms with van der Waals surface area (Å²) < 4.78 is 5.55. The monoisotopic (exact) mass is 341 g/mol. The Morgan fingerprint density at radius 1 is 1.32 bits per heavy atom. The smallest absolute Gasteiger partial charge is 0.246 e. The second-order valence-electron chi connectivity index (χ2n) is 6.91. The zero-order chi connectivity index (χ0) is 17.2. The van der Waals surface area contributed by atoms with Crippen molar-refractivity contribution in [2.24, 2.45) is 5.92 Å². The molecule has 132 valence electrons. The van der Waals surface area contributed by atoms with Crippen LogP contribution in [0.1, 0.15) is 29.8 Å². The molecule has 0 N–H and O–H groups in total. The van der Waals surface area contributed by atoms with Crippen LogP contribution in [0.3, 0.4) is 0 Å². The second-order valence-corrected chi connectivity index (χ2v) is 6.91. The van der Waals surface area contributed by atoms with Crippen LogP contribution in [0.15, 0.2) is 24.3 Å². The minimum Gasteiger partial charge on any atom is -0.377 e. The van der Waals surface area contributed by atoms with E-state index >= 15 is 0 Å². The van der Waals surface area contributed by atoms with E-state index in [-0.39, 0.29) is 18.5 Å². The number of hydrogen-bond donors (Lipinski definition) is 0. The van der Waals surface area contributed by atoms with E-state index in [1.807, 2.05) is 17.0 Å². The second kappa shape index (κ2) is 6.92. The maximum absolute atomic E-state index is 12.7. The predicted molar refractivity (Wildman–Crippen MR) is 90.8 cm³/mol. The first-order valence-electron chi connectivity index (χ1n) is 8.89. The van der Waals surface area contributed by atoms with Gasteiger partial charge in [-0.05, 0) is 42.0 Å². The van der Waals surface area contributed by atoms with Crippen LogP contribution >= 0.6 is 0 Å². The third kappa shape index (κ3) is 3.71. The van der Waals surface area contributed by atoms with Crippen molar-refractivity contribution in [1.82, 2.24) is 25.1 Å². The van der Waals surface area contributed by atoms with Crippen molar-refractivity contribution in [2.45, 2.75) is 38.8 Å². The number of ether oxygens (including phenoxy) is 1. The number of carbonyl (C=O) groups is 1. The molecular formula is C18H23N5O2. The lowest BCUT2D eigenvalue weighted by molar-refractivity contribution is -0.141. The average molecular weight is 341 g/mol. The fourth-order valence-corrected chi connectivity index (χ4v) is 3.41. The van der Waals surface area contributed by atoms with Gasteiger partial charge in [-0.2, -0.15) is 4.80 Å². The first kappa shape index (κ1) is 16.2. The highest BCUT2D eigenvalue weighted by molar-refractivity contribution is 5.76. The molecule has 7 heteroatoms. The minimum atomic E-state index is 0.0556. The predicted octanol–water partition coefficient (Wildman–Crippen LogP) is 1.21. The van der Waals surface area contributed by atoms with E-state index < -0.39 is 0 Å². The van der Waals surface area contributed by atoms with E-state index in [0.29, 0.717) is 37.9 Å². The molecule has 1 aliphatic heterocycles. The van der Waals surface area contributed by atoms with E-state index in [4.69, 9.17) is 4.74 Å². The molecular weight excluding hydrogens is 318 g/mol. The number of nitrogens with zero attached hydrogens (tertiary/aromatic N) is 5. The highest BCUT2D eigenvalue weighted by Crippen LogP contribution is 2.36. The summed E-state index contributed by atoms with van der Waals surface area (Å²) in [5.41, 5.74) is 2.38. The Kier molecular flexibility index (Phi) is 4.48. The van der Waals surface area contributed by atoms with Crippen molar-refractivity contribution in [1.29, 1.82) is 0 Å². The van der Waals surface area contributed by atoms with Gasteiger partial charge in [0.2, 0.25) is 5.91 Å². The van der Waals surface area contributed by atoms with Gasteiger partial charge in [-0.25, -0.2) is 0 Å². The van der Waals surface area contributed by atoms with Gasteiger partial charge in [-0.3, -0.25) is 4.79 Å². The summed E-state index contributed by atoms with van der Waals surface area (Å²) in [7, 11) is 0. The number of rotatable bonds is 5. The topological polar surface area (TPSA) is 73.1 Å². The van der Waals surface area contributed by atoms with Gasteiger partial charge in [-0.1, -0.05) is 24.3 Å². The molecule has 2 aliphatic rings. The number of amides is 1. The van der Waals surface area contributed by atoms with Gasteiger partial charge in [0, 0.05) is 13.0 Å². The molecule has 1 saturated heterocycles. The summed E-state index contributed by atoms with van der Waals surface area (Å²) in [6.07, 6.45) is 3.02. The fourth-order valence-electron chi connectivity index (χ4n) is 3.41. The highest BCUT2D eigenvalue weighted by atomic mass is 16.5. The molecule has 1 unspecified atom stereocenters. The van der Waals surface area contributed by atoms with Crippen LogP contribution in [0.2, 0.25) is 0 Å². The lowest BCUT2D eigenvalue weighted by Crippen LogP contribution is -2.51. The van der Waals surface area contributed by atoms with Gasteiger partial charge in [0.25, 0.3) is 0 Å². The Bertz CT molecular complexity index is 755. The van der Waals surface area contributed by atoms with Crippen LogP contribution in [0.4, 0.5) is 0 Å². The number of hydrogen-bond acceptors (Lipinski definition) is 5. The molecule has 1 saturated carbocycles. The summed E-state index contributed by atoms with van der Waals surface area (Å²) in [5.74, 6) is 1.30. The molecule has 2 aromatic rings. The number of tetrazole rings is 1. The molecule has 0 bridgehead atoms. The van der Waals surface area contributed by atoms with E-state index in [9.17, 15) is 4.79 Å². The van der Waals surface area contributed by atoms with Crippen LogP contribution in [0, 0.1) is 12.8 Å². The molecule has 1 aromatic heterocycles. The SMILES string of the molecule is Cc1ccccc1Cc1nnn(CC(=O)N2CCOCC2C2CC2)n1. The van der Waals surface area contributed by atoms with Gasteiger partial charge in [0.05, 0.1) is 19.3 Å². The Morgan fingerprint density at radius 3 is 2.96 bits per heavy atom. The minimum absolute atomic E-state index is 0.0556. The van der Waals surface area contributed by atoms with E-state index in [0.717, 1.165) is 0 Å². The maximum atomic E-state index is 12.7. The highest BCUT2D eigenvalue weighted by Gasteiger charge is 2.39. The van der Waals surface area contributed by atoms with E-state index in [1.165, 1.54) is 28.8 Å². The van der Waals surface area contributed by atoms with Crippen LogP contribution in [-0.4, -0.2) is 56.8 Å². The largest absolute Gasteiger partial charge is 0.377 e. The molecule has 1 aromatic carbocycles. The quantitative estimate of drug-likeness (QED) is 0.817. The van der Waals surface area contributed by atoms with Gasteiger partial charge in [-0.15, -0.1) is 10.2 Å². The molecule has 1 aliphatic carbocycles. The van der Waals surface area contributed by atoms with Crippen LogP contribution < -0.4 is 0 Å². The van der Waals surface area contributed by atoms with Gasteiger partial charge >= 0.3 is 0 Å². The lowest BCUT2D eigenvalue weighted by Gasteiger charge is -2.35. The molecule has 2 fully saturated rings. The first-order valence-corrected chi connectivity index (χ1v) is 8.89. The van der Waals surface area contributed by atoms with Crippen molar-refractivity contribution in [2.75, 3.05) is 19.8 Å². The Hall–Kier alpha value is -2.28.